The van der Waals surface area contributed by atoms with Crippen LogP contribution in [-0.2, 0) is 0 Å². The summed E-state index contributed by atoms with van der Waals surface area (Å²) >= 11 is 13.3. The minimum atomic E-state index is -0.896. The lowest BCUT2D eigenvalue weighted by atomic mass is 10.2. The number of aromatic nitrogens is 1. The van der Waals surface area contributed by atoms with E-state index < -0.39 is 5.43 Å². The first-order valence-electron chi connectivity index (χ1n) is 4.19. The van der Waals surface area contributed by atoms with E-state index >= 15 is 0 Å². The molecule has 16 heavy (non-hydrogen) atoms. The molecule has 1 aromatic carbocycles. The van der Waals surface area contributed by atoms with Gasteiger partial charge in [-0.25, -0.2) is 4.79 Å². The number of fused-ring (bicyclic) bond motifs is 1. The average Bonchev–Trinajstić information content (AvgIpc) is 2.24. The molecule has 0 bridgehead atoms. The summed E-state index contributed by atoms with van der Waals surface area (Å²) in [7, 11) is 0. The zero-order valence-electron chi connectivity index (χ0n) is 7.71. The highest BCUT2D eigenvalue weighted by Crippen LogP contribution is 2.34. The number of rotatable bonds is 1. The number of benzene rings is 1. The Morgan fingerprint density at radius 2 is 2.25 bits per heavy atom. The van der Waals surface area contributed by atoms with Crippen LogP contribution in [0.2, 0.25) is 5.02 Å². The molecule has 1 aromatic heterocycles. The summed E-state index contributed by atoms with van der Waals surface area (Å²) < 4.78 is 5.59. The van der Waals surface area contributed by atoms with E-state index in [4.69, 9.17) is 27.9 Å². The maximum Gasteiger partial charge on any atom is 0.409 e. The van der Waals surface area contributed by atoms with Gasteiger partial charge >= 0.3 is 5.43 Å². The first-order chi connectivity index (χ1) is 7.59. The smallest absolute Gasteiger partial charge is 0.409 e. The number of ether oxygens (including phenoxy) is 1. The third kappa shape index (κ3) is 2.23. The van der Waals surface area contributed by atoms with E-state index in [-0.39, 0.29) is 0 Å². The number of carbonyl (C=O) groups is 1. The highest BCUT2D eigenvalue weighted by atomic mass is 127. The van der Waals surface area contributed by atoms with E-state index in [1.807, 2.05) is 22.6 Å². The van der Waals surface area contributed by atoms with Gasteiger partial charge in [-0.15, -0.1) is 0 Å². The minimum Gasteiger partial charge on any atom is -0.411 e. The fourth-order valence-electron chi connectivity index (χ4n) is 1.32. The van der Waals surface area contributed by atoms with Gasteiger partial charge in [0, 0.05) is 23.2 Å². The molecule has 2 aromatic rings. The van der Waals surface area contributed by atoms with Crippen LogP contribution >= 0.6 is 45.8 Å². The van der Waals surface area contributed by atoms with Crippen LogP contribution in [0.3, 0.4) is 0 Å². The Hall–Kier alpha value is -0.590. The molecule has 1 heterocycles. The normalized spacial score (nSPS) is 10.4. The van der Waals surface area contributed by atoms with Crippen molar-refractivity contribution in [3.63, 3.8) is 0 Å². The van der Waals surface area contributed by atoms with Gasteiger partial charge in [-0.2, -0.15) is 0 Å². The van der Waals surface area contributed by atoms with Crippen LogP contribution in [-0.4, -0.2) is 10.4 Å². The Balaban J connectivity index is 2.76. The van der Waals surface area contributed by atoms with Crippen LogP contribution in [0.25, 0.3) is 10.9 Å². The Morgan fingerprint density at radius 3 is 2.94 bits per heavy atom. The zero-order chi connectivity index (χ0) is 11.7. The molecule has 2 rings (SSSR count). The molecular formula is C10H4Cl2INO2. The number of halogens is 3. The fraction of sp³-hybridized carbons (Fsp3) is 0. The number of hydrogen-bond donors (Lipinski definition) is 0. The van der Waals surface area contributed by atoms with E-state index in [9.17, 15) is 4.79 Å². The molecule has 0 radical (unpaired) electrons. The standard InChI is InChI=1S/C10H4Cl2INO2/c11-6-4-7(13)9(16-10(12)15)8-5(6)2-1-3-14-8/h1-4H. The Labute approximate surface area is 115 Å². The Kier molecular flexibility index (Phi) is 3.51. The van der Waals surface area contributed by atoms with Gasteiger partial charge in [-0.05, 0) is 40.8 Å². The molecule has 0 N–H and O–H groups in total. The molecule has 0 amide bonds. The van der Waals surface area contributed by atoms with Crippen molar-refractivity contribution in [1.29, 1.82) is 0 Å². The van der Waals surface area contributed by atoms with Crippen molar-refractivity contribution in [2.24, 2.45) is 0 Å². The molecule has 0 saturated carbocycles. The number of nitrogens with zero attached hydrogens (tertiary/aromatic N) is 1. The summed E-state index contributed by atoms with van der Waals surface area (Å²) in [6.07, 6.45) is 1.60. The summed E-state index contributed by atoms with van der Waals surface area (Å²) in [5.41, 5.74) is -0.374. The van der Waals surface area contributed by atoms with Crippen molar-refractivity contribution in [3.8, 4) is 5.75 Å². The van der Waals surface area contributed by atoms with Crippen LogP contribution in [0.4, 0.5) is 4.79 Å². The predicted octanol–water partition coefficient (Wildman–Crippen LogP) is 4.23. The number of carbonyl (C=O) groups excluding carboxylic acids is 1. The van der Waals surface area contributed by atoms with Crippen molar-refractivity contribution in [2.45, 2.75) is 0 Å². The van der Waals surface area contributed by atoms with Gasteiger partial charge in [-0.3, -0.25) is 4.98 Å². The average molecular weight is 368 g/mol. The summed E-state index contributed by atoms with van der Waals surface area (Å²) in [4.78, 5) is 14.9. The monoisotopic (exact) mass is 367 g/mol. The van der Waals surface area contributed by atoms with E-state index in [0.29, 0.717) is 19.9 Å². The molecule has 0 spiro atoms. The van der Waals surface area contributed by atoms with Crippen molar-refractivity contribution < 1.29 is 9.53 Å². The summed E-state index contributed by atoms with van der Waals surface area (Å²) in [6, 6.07) is 5.25. The molecule has 0 saturated heterocycles. The van der Waals surface area contributed by atoms with Gasteiger partial charge in [0.15, 0.2) is 5.75 Å². The highest BCUT2D eigenvalue weighted by molar-refractivity contribution is 14.1. The van der Waals surface area contributed by atoms with E-state index in [1.54, 1.807) is 24.4 Å². The first kappa shape index (κ1) is 11.9. The third-order valence-electron chi connectivity index (χ3n) is 1.93. The van der Waals surface area contributed by atoms with E-state index in [0.717, 1.165) is 5.39 Å². The van der Waals surface area contributed by atoms with Crippen molar-refractivity contribution in [3.05, 3.63) is 33.0 Å². The minimum absolute atomic E-state index is 0.334. The molecule has 0 aliphatic heterocycles. The lowest BCUT2D eigenvalue weighted by Crippen LogP contribution is -2.00. The van der Waals surface area contributed by atoms with Gasteiger partial charge in [0.2, 0.25) is 0 Å². The van der Waals surface area contributed by atoms with Crippen molar-refractivity contribution in [1.82, 2.24) is 4.98 Å². The molecule has 0 aliphatic rings. The largest absolute Gasteiger partial charge is 0.411 e. The molecular weight excluding hydrogens is 364 g/mol. The lowest BCUT2D eigenvalue weighted by Gasteiger charge is -2.08. The van der Waals surface area contributed by atoms with Gasteiger partial charge < -0.3 is 4.74 Å². The SMILES string of the molecule is O=C(Cl)Oc1c(I)cc(Cl)c2cccnc12. The number of pyridine rings is 1. The van der Waals surface area contributed by atoms with E-state index in [2.05, 4.69) is 4.98 Å². The highest BCUT2D eigenvalue weighted by Gasteiger charge is 2.14. The maximum absolute atomic E-state index is 10.8. The second-order valence-corrected chi connectivity index (χ2v) is 4.79. The molecule has 82 valence electrons. The summed E-state index contributed by atoms with van der Waals surface area (Å²) in [5, 5.41) is 1.28. The van der Waals surface area contributed by atoms with Gasteiger partial charge in [0.1, 0.15) is 5.52 Å². The van der Waals surface area contributed by atoms with Gasteiger partial charge in [0.25, 0.3) is 0 Å². The molecule has 0 unspecified atom stereocenters. The second kappa shape index (κ2) is 4.73. The summed E-state index contributed by atoms with van der Waals surface area (Å²) in [6.45, 7) is 0. The lowest BCUT2D eigenvalue weighted by molar-refractivity contribution is 0.226. The topological polar surface area (TPSA) is 39.2 Å². The predicted molar refractivity (Wildman–Crippen MR) is 71.3 cm³/mol. The van der Waals surface area contributed by atoms with Gasteiger partial charge in [0.05, 0.1) is 8.59 Å². The van der Waals surface area contributed by atoms with Crippen molar-refractivity contribution >= 4 is 62.1 Å². The maximum atomic E-state index is 10.8. The molecule has 3 nitrogen and oxygen atoms in total. The Morgan fingerprint density at radius 1 is 1.50 bits per heavy atom. The van der Waals surface area contributed by atoms with Crippen LogP contribution in [0.1, 0.15) is 0 Å². The van der Waals surface area contributed by atoms with Crippen molar-refractivity contribution in [2.75, 3.05) is 0 Å². The van der Waals surface area contributed by atoms with Crippen LogP contribution in [0.5, 0.6) is 5.75 Å². The Bertz CT molecular complexity index is 574. The zero-order valence-corrected chi connectivity index (χ0v) is 11.4. The summed E-state index contributed by atoms with van der Waals surface area (Å²) in [5.74, 6) is 0.334. The third-order valence-corrected chi connectivity index (χ3v) is 3.12. The number of hydrogen-bond acceptors (Lipinski definition) is 3. The molecule has 0 atom stereocenters. The first-order valence-corrected chi connectivity index (χ1v) is 6.03. The van der Waals surface area contributed by atoms with Crippen LogP contribution in [0.15, 0.2) is 24.4 Å². The molecule has 0 fully saturated rings. The molecule has 6 heteroatoms. The van der Waals surface area contributed by atoms with Gasteiger partial charge in [-0.1, -0.05) is 11.6 Å². The van der Waals surface area contributed by atoms with E-state index in [1.165, 1.54) is 0 Å². The van der Waals surface area contributed by atoms with Crippen LogP contribution in [0, 0.1) is 3.57 Å². The quantitative estimate of drug-likeness (QED) is 0.559. The fourth-order valence-corrected chi connectivity index (χ4v) is 2.52. The second-order valence-electron chi connectivity index (χ2n) is 2.91. The van der Waals surface area contributed by atoms with Crippen LogP contribution < -0.4 is 4.74 Å². The molecule has 0 aliphatic carbocycles.